The molecular formula is C57H39BN6. The third-order valence-corrected chi connectivity index (χ3v) is 12.5. The quantitative estimate of drug-likeness (QED) is 0.142. The molecule has 7 heteroatoms. The van der Waals surface area contributed by atoms with Crippen LogP contribution in [0.3, 0.4) is 0 Å². The number of fused-ring (bicyclic) bond motifs is 4. The summed E-state index contributed by atoms with van der Waals surface area (Å²) >= 11 is 0. The molecule has 300 valence electrons. The zero-order valence-corrected chi connectivity index (χ0v) is 34.8. The Bertz CT molecular complexity index is 3200. The standard InChI is InChI=1S/C57H39BN6/c1-3-12-46(13-4-1)62(47-14-5-2-6-15-47)49-21-22-52-56(39-49)63(48-16-9-11-43(36-48)40-23-29-59-30-24-40)54-19-10-20-55-57(54)58(52)51-17-7-8-18-53(51)64(55)50-37-44(41-25-31-60-32-26-41)35-45(38-50)42-27-33-61-34-28-42/h1-39H. The average molecular weight is 819 g/mol. The van der Waals surface area contributed by atoms with E-state index in [2.05, 4.69) is 230 Å². The largest absolute Gasteiger partial charge is 0.311 e. The van der Waals surface area contributed by atoms with E-state index in [-0.39, 0.29) is 6.71 Å². The predicted octanol–water partition coefficient (Wildman–Crippen LogP) is 12.4. The maximum atomic E-state index is 4.35. The Morgan fingerprint density at radius 3 is 1.41 bits per heavy atom. The van der Waals surface area contributed by atoms with Crippen LogP contribution in [-0.4, -0.2) is 21.7 Å². The number of hydrogen-bond acceptors (Lipinski definition) is 6. The monoisotopic (exact) mass is 818 g/mol. The molecule has 2 aliphatic heterocycles. The van der Waals surface area contributed by atoms with Gasteiger partial charge in [0.05, 0.1) is 0 Å². The van der Waals surface area contributed by atoms with Crippen LogP contribution in [0.1, 0.15) is 0 Å². The van der Waals surface area contributed by atoms with Crippen molar-refractivity contribution in [3.63, 3.8) is 0 Å². The number of rotatable bonds is 8. The van der Waals surface area contributed by atoms with Crippen LogP contribution in [0, 0.1) is 0 Å². The normalized spacial score (nSPS) is 12.3. The lowest BCUT2D eigenvalue weighted by Crippen LogP contribution is -2.61. The average Bonchev–Trinajstić information content (AvgIpc) is 3.37. The summed E-state index contributed by atoms with van der Waals surface area (Å²) in [5, 5.41) is 0. The van der Waals surface area contributed by atoms with Crippen LogP contribution in [0.5, 0.6) is 0 Å². The van der Waals surface area contributed by atoms with Gasteiger partial charge in [-0.25, -0.2) is 0 Å². The summed E-state index contributed by atoms with van der Waals surface area (Å²) in [6.45, 7) is -0.0349. The molecule has 2 aliphatic rings. The molecule has 0 fully saturated rings. The third kappa shape index (κ3) is 6.41. The first-order valence-electron chi connectivity index (χ1n) is 21.6. The van der Waals surface area contributed by atoms with Crippen molar-refractivity contribution >= 4 is 74.3 Å². The van der Waals surface area contributed by atoms with E-state index in [1.807, 2.05) is 37.2 Å². The highest BCUT2D eigenvalue weighted by Crippen LogP contribution is 2.47. The topological polar surface area (TPSA) is 48.4 Å². The highest BCUT2D eigenvalue weighted by Gasteiger charge is 2.43. The van der Waals surface area contributed by atoms with E-state index >= 15 is 0 Å². The van der Waals surface area contributed by atoms with E-state index in [0.29, 0.717) is 0 Å². The van der Waals surface area contributed by atoms with Gasteiger partial charge < -0.3 is 14.7 Å². The fourth-order valence-electron chi connectivity index (χ4n) is 9.70. The molecule has 5 heterocycles. The van der Waals surface area contributed by atoms with Crippen LogP contribution in [0.25, 0.3) is 33.4 Å². The Kier molecular flexibility index (Phi) is 9.15. The maximum Gasteiger partial charge on any atom is 0.252 e. The van der Waals surface area contributed by atoms with Crippen molar-refractivity contribution in [1.82, 2.24) is 15.0 Å². The molecule has 0 bridgehead atoms. The summed E-state index contributed by atoms with van der Waals surface area (Å²) in [6, 6.07) is 72.4. The van der Waals surface area contributed by atoms with Gasteiger partial charge in [0.15, 0.2) is 0 Å². The van der Waals surface area contributed by atoms with Crippen LogP contribution >= 0.6 is 0 Å². The number of aromatic nitrogens is 3. The molecule has 3 aromatic heterocycles. The zero-order chi connectivity index (χ0) is 42.4. The zero-order valence-electron chi connectivity index (χ0n) is 34.8. The summed E-state index contributed by atoms with van der Waals surface area (Å²) in [4.78, 5) is 20.3. The fourth-order valence-corrected chi connectivity index (χ4v) is 9.70. The SMILES string of the molecule is c1ccc(N(c2ccccc2)c2ccc3c(c2)N(c2cccc(-c4ccncc4)c2)c2cccc4c2B3c2ccccc2N4c2cc(-c3ccncc3)cc(-c3ccncc3)c2)cc1. The van der Waals surface area contributed by atoms with E-state index in [1.54, 1.807) is 0 Å². The fraction of sp³-hybridized carbons (Fsp3) is 0. The number of hydrogen-bond donors (Lipinski definition) is 0. The molecule has 0 spiro atoms. The molecule has 0 saturated carbocycles. The number of para-hydroxylation sites is 3. The molecule has 64 heavy (non-hydrogen) atoms. The molecule has 0 unspecified atom stereocenters. The lowest BCUT2D eigenvalue weighted by molar-refractivity contribution is 1.24. The van der Waals surface area contributed by atoms with Crippen molar-refractivity contribution in [3.05, 3.63) is 237 Å². The summed E-state index contributed by atoms with van der Waals surface area (Å²) in [7, 11) is 0. The minimum Gasteiger partial charge on any atom is -0.311 e. The van der Waals surface area contributed by atoms with Crippen LogP contribution in [0.4, 0.5) is 51.2 Å². The van der Waals surface area contributed by atoms with Crippen LogP contribution in [0.15, 0.2) is 237 Å². The number of anilines is 9. The van der Waals surface area contributed by atoms with Crippen molar-refractivity contribution in [2.75, 3.05) is 14.7 Å². The van der Waals surface area contributed by atoms with Gasteiger partial charge in [0.2, 0.25) is 0 Å². The van der Waals surface area contributed by atoms with Gasteiger partial charge in [-0.15, -0.1) is 0 Å². The molecule has 0 amide bonds. The summed E-state index contributed by atoms with van der Waals surface area (Å²) in [5.41, 5.74) is 20.5. The second kappa shape index (κ2) is 15.7. The molecule has 0 saturated heterocycles. The Morgan fingerprint density at radius 2 is 0.797 bits per heavy atom. The van der Waals surface area contributed by atoms with E-state index in [9.17, 15) is 0 Å². The van der Waals surface area contributed by atoms with Gasteiger partial charge in [0.25, 0.3) is 6.71 Å². The first kappa shape index (κ1) is 37.2. The molecule has 0 N–H and O–H groups in total. The van der Waals surface area contributed by atoms with Crippen LogP contribution in [-0.2, 0) is 0 Å². The first-order chi connectivity index (χ1) is 31.8. The Labute approximate surface area is 373 Å². The molecule has 10 aromatic rings. The lowest BCUT2D eigenvalue weighted by atomic mass is 9.33. The van der Waals surface area contributed by atoms with E-state index in [0.717, 1.165) is 84.6 Å². The Balaban J connectivity index is 1.11. The summed E-state index contributed by atoms with van der Waals surface area (Å²) < 4.78 is 0. The number of benzene rings is 7. The van der Waals surface area contributed by atoms with Crippen LogP contribution in [0.2, 0.25) is 0 Å². The van der Waals surface area contributed by atoms with Crippen molar-refractivity contribution < 1.29 is 0 Å². The van der Waals surface area contributed by atoms with Crippen molar-refractivity contribution in [3.8, 4) is 33.4 Å². The van der Waals surface area contributed by atoms with Gasteiger partial charge in [-0.3, -0.25) is 15.0 Å². The Hall–Kier alpha value is -8.55. The minimum atomic E-state index is -0.0349. The van der Waals surface area contributed by atoms with Gasteiger partial charge in [-0.1, -0.05) is 78.9 Å². The second-order valence-corrected chi connectivity index (χ2v) is 16.1. The number of nitrogens with zero attached hydrogens (tertiary/aromatic N) is 6. The second-order valence-electron chi connectivity index (χ2n) is 16.1. The van der Waals surface area contributed by atoms with Crippen molar-refractivity contribution in [2.24, 2.45) is 0 Å². The van der Waals surface area contributed by atoms with Gasteiger partial charge in [0, 0.05) is 88.4 Å². The van der Waals surface area contributed by atoms with Crippen LogP contribution < -0.4 is 31.1 Å². The molecule has 0 atom stereocenters. The van der Waals surface area contributed by atoms with Gasteiger partial charge >= 0.3 is 0 Å². The van der Waals surface area contributed by atoms with E-state index in [4.69, 9.17) is 0 Å². The molecule has 0 radical (unpaired) electrons. The first-order valence-corrected chi connectivity index (χ1v) is 21.6. The maximum absolute atomic E-state index is 4.35. The molecule has 7 aromatic carbocycles. The minimum absolute atomic E-state index is 0.0349. The highest BCUT2D eigenvalue weighted by atomic mass is 15.2. The predicted molar refractivity (Wildman–Crippen MR) is 265 cm³/mol. The smallest absolute Gasteiger partial charge is 0.252 e. The summed E-state index contributed by atoms with van der Waals surface area (Å²) in [5.74, 6) is 0. The van der Waals surface area contributed by atoms with E-state index in [1.165, 1.54) is 16.4 Å². The molecular weight excluding hydrogens is 779 g/mol. The molecule has 6 nitrogen and oxygen atoms in total. The number of pyridine rings is 3. The van der Waals surface area contributed by atoms with Crippen molar-refractivity contribution in [2.45, 2.75) is 0 Å². The molecule has 0 aliphatic carbocycles. The van der Waals surface area contributed by atoms with Gasteiger partial charge in [0.1, 0.15) is 0 Å². The van der Waals surface area contributed by atoms with E-state index < -0.39 is 0 Å². The van der Waals surface area contributed by atoms with Crippen molar-refractivity contribution in [1.29, 1.82) is 0 Å². The lowest BCUT2D eigenvalue weighted by Gasteiger charge is -2.44. The Morgan fingerprint density at radius 1 is 0.312 bits per heavy atom. The molecule has 12 rings (SSSR count). The third-order valence-electron chi connectivity index (χ3n) is 12.5. The highest BCUT2D eigenvalue weighted by molar-refractivity contribution is 7.00. The van der Waals surface area contributed by atoms with Gasteiger partial charge in [-0.2, -0.15) is 0 Å². The summed E-state index contributed by atoms with van der Waals surface area (Å²) in [6.07, 6.45) is 11.2. The van der Waals surface area contributed by atoms with Gasteiger partial charge in [-0.05, 0) is 171 Å².